The minimum atomic E-state index is -0.592. The van der Waals surface area contributed by atoms with E-state index in [-0.39, 0.29) is 40.4 Å². The second-order valence-corrected chi connectivity index (χ2v) is 11.5. The van der Waals surface area contributed by atoms with Crippen molar-refractivity contribution in [2.24, 2.45) is 7.05 Å². The van der Waals surface area contributed by atoms with Gasteiger partial charge < -0.3 is 15.0 Å². The van der Waals surface area contributed by atoms with Gasteiger partial charge in [0.25, 0.3) is 11.5 Å². The molecular weight excluding hydrogens is 505 g/mol. The molecule has 0 atom stereocenters. The van der Waals surface area contributed by atoms with Crippen LogP contribution in [0.2, 0.25) is 0 Å². The molecule has 4 aromatic rings. The van der Waals surface area contributed by atoms with Gasteiger partial charge in [-0.2, -0.15) is 5.10 Å². The Morgan fingerprint density at radius 3 is 2.58 bits per heavy atom. The molecule has 198 valence electrons. The number of aliphatic hydroxyl groups is 1. The van der Waals surface area contributed by atoms with Crippen molar-refractivity contribution in [1.29, 1.82) is 0 Å². The topological polar surface area (TPSA) is 92.4 Å². The van der Waals surface area contributed by atoms with Crippen molar-refractivity contribution in [2.45, 2.75) is 52.8 Å². The third-order valence-electron chi connectivity index (χ3n) is 6.70. The predicted octanol–water partition coefficient (Wildman–Crippen LogP) is 5.16. The Morgan fingerprint density at radius 1 is 1.18 bits per heavy atom. The Morgan fingerprint density at radius 2 is 1.95 bits per heavy atom. The van der Waals surface area contributed by atoms with Crippen molar-refractivity contribution in [3.63, 3.8) is 0 Å². The smallest absolute Gasteiger partial charge is 0.274 e. The summed E-state index contributed by atoms with van der Waals surface area (Å²) in [6, 6.07) is 8.30. The van der Waals surface area contributed by atoms with Crippen LogP contribution in [-0.2, 0) is 32.2 Å². The largest absolute Gasteiger partial charge is 0.392 e. The first-order valence-electron chi connectivity index (χ1n) is 12.4. The number of nitrogens with one attached hydrogen (secondary N) is 1. The van der Waals surface area contributed by atoms with Crippen molar-refractivity contribution in [2.75, 3.05) is 10.2 Å². The summed E-state index contributed by atoms with van der Waals surface area (Å²) in [6.07, 6.45) is 3.44. The molecule has 0 bridgehead atoms. The molecular formula is C28H30FN5O3S. The molecule has 8 nitrogen and oxygen atoms in total. The fourth-order valence-corrected chi connectivity index (χ4v) is 5.84. The maximum atomic E-state index is 15.3. The van der Waals surface area contributed by atoms with Gasteiger partial charge >= 0.3 is 0 Å². The maximum Gasteiger partial charge on any atom is 0.274 e. The molecule has 0 fully saturated rings. The predicted molar refractivity (Wildman–Crippen MR) is 148 cm³/mol. The molecule has 4 heterocycles. The van der Waals surface area contributed by atoms with Crippen LogP contribution < -0.4 is 15.8 Å². The lowest BCUT2D eigenvalue weighted by atomic mass is 9.94. The summed E-state index contributed by atoms with van der Waals surface area (Å²) >= 11 is 1.43. The first kappa shape index (κ1) is 25.9. The highest BCUT2D eigenvalue weighted by Crippen LogP contribution is 2.42. The number of hydrogen-bond acceptors (Lipinski definition) is 6. The van der Waals surface area contributed by atoms with Gasteiger partial charge in [0.2, 0.25) is 0 Å². The number of halogens is 1. The third-order valence-corrected chi connectivity index (χ3v) is 8.29. The molecule has 10 heteroatoms. The van der Waals surface area contributed by atoms with Crippen molar-refractivity contribution < 1.29 is 14.3 Å². The number of fused-ring (bicyclic) bond motifs is 1. The monoisotopic (exact) mass is 535 g/mol. The van der Waals surface area contributed by atoms with Gasteiger partial charge in [0.1, 0.15) is 11.5 Å². The highest BCUT2D eigenvalue weighted by atomic mass is 32.1. The number of anilines is 3. The molecule has 0 spiro atoms. The van der Waals surface area contributed by atoms with Crippen LogP contribution in [-0.4, -0.2) is 25.4 Å². The fourth-order valence-electron chi connectivity index (χ4n) is 4.66. The van der Waals surface area contributed by atoms with Gasteiger partial charge in [-0.05, 0) is 41.7 Å². The summed E-state index contributed by atoms with van der Waals surface area (Å²) in [5, 5.41) is 17.9. The number of aromatic nitrogens is 3. The van der Waals surface area contributed by atoms with Gasteiger partial charge in [-0.15, -0.1) is 11.3 Å². The number of hydrogen-bond donors (Lipinski definition) is 2. The number of nitrogens with zero attached hydrogens (tertiary/aromatic N) is 4. The Labute approximate surface area is 224 Å². The highest BCUT2D eigenvalue weighted by molar-refractivity contribution is 7.14. The SMILES string of the molecule is CCn1ccc(Nc2cc(-c3ccc(F)c(N4Cc5cc(C(C)(C)C)sc5C4=O)c3CO)cn(C)c2=O)n1. The maximum absolute atomic E-state index is 15.3. The Bertz CT molecular complexity index is 1610. The molecule has 1 aliphatic heterocycles. The Hall–Kier alpha value is -3.76. The number of carbonyl (C=O) groups excluding carboxylic acids is 1. The summed E-state index contributed by atoms with van der Waals surface area (Å²) in [4.78, 5) is 29.4. The Kier molecular flexibility index (Phi) is 6.48. The number of thiophene rings is 1. The van der Waals surface area contributed by atoms with Crippen LogP contribution in [0.1, 0.15) is 53.4 Å². The fraction of sp³-hybridized carbons (Fsp3) is 0.321. The quantitative estimate of drug-likeness (QED) is 0.356. The van der Waals surface area contributed by atoms with Gasteiger partial charge in [-0.1, -0.05) is 26.8 Å². The molecule has 0 saturated carbocycles. The number of amides is 1. The first-order valence-corrected chi connectivity index (χ1v) is 13.2. The lowest BCUT2D eigenvalue weighted by Gasteiger charge is -2.23. The van der Waals surface area contributed by atoms with Gasteiger partial charge in [0.15, 0.2) is 5.82 Å². The molecule has 0 saturated heterocycles. The summed E-state index contributed by atoms with van der Waals surface area (Å²) in [5.74, 6) is -0.349. The van der Waals surface area contributed by atoms with E-state index in [4.69, 9.17) is 0 Å². The molecule has 0 unspecified atom stereocenters. The van der Waals surface area contributed by atoms with E-state index in [0.29, 0.717) is 28.4 Å². The zero-order valence-electron chi connectivity index (χ0n) is 22.0. The van der Waals surface area contributed by atoms with E-state index in [9.17, 15) is 14.7 Å². The van der Waals surface area contributed by atoms with Crippen molar-refractivity contribution >= 4 is 34.4 Å². The van der Waals surface area contributed by atoms with E-state index < -0.39 is 12.4 Å². The lowest BCUT2D eigenvalue weighted by molar-refractivity contribution is 0.0998. The molecule has 3 aromatic heterocycles. The molecule has 0 aliphatic carbocycles. The molecule has 2 N–H and O–H groups in total. The summed E-state index contributed by atoms with van der Waals surface area (Å²) < 4.78 is 18.5. The number of pyridine rings is 1. The van der Waals surface area contributed by atoms with E-state index in [2.05, 4.69) is 31.2 Å². The molecule has 38 heavy (non-hydrogen) atoms. The summed E-state index contributed by atoms with van der Waals surface area (Å²) in [6.45, 7) is 8.68. The van der Waals surface area contributed by atoms with Gasteiger partial charge in [-0.25, -0.2) is 4.39 Å². The van der Waals surface area contributed by atoms with Gasteiger partial charge in [-0.3, -0.25) is 19.2 Å². The molecule has 1 aromatic carbocycles. The summed E-state index contributed by atoms with van der Waals surface area (Å²) in [7, 11) is 1.62. The van der Waals surface area contributed by atoms with E-state index in [1.165, 1.54) is 26.9 Å². The first-order chi connectivity index (χ1) is 18.0. The van der Waals surface area contributed by atoms with Crippen LogP contribution in [0.15, 0.2) is 47.5 Å². The normalized spacial score (nSPS) is 13.3. The number of aliphatic hydroxyl groups excluding tert-OH is 1. The minimum Gasteiger partial charge on any atom is -0.392 e. The highest BCUT2D eigenvalue weighted by Gasteiger charge is 2.36. The number of aryl methyl sites for hydroxylation is 2. The standard InChI is InChI=1S/C28H30FN5O3S/c1-6-33-10-9-23(31-33)30-21-11-16(13-32(5)26(21)36)18-7-8-20(29)24(19(18)15-35)34-14-17-12-22(28(2,3)4)38-25(17)27(34)37/h7-13,35H,6,14-15H2,1-5H3,(H,30,31). The van der Waals surface area contributed by atoms with E-state index in [0.717, 1.165) is 10.4 Å². The number of rotatable bonds is 6. The van der Waals surface area contributed by atoms with Crippen LogP contribution in [0.5, 0.6) is 0 Å². The van der Waals surface area contributed by atoms with Crippen molar-refractivity contribution in [1.82, 2.24) is 14.3 Å². The van der Waals surface area contributed by atoms with Crippen LogP contribution >= 0.6 is 11.3 Å². The van der Waals surface area contributed by atoms with Crippen LogP contribution in [0.3, 0.4) is 0 Å². The zero-order valence-corrected chi connectivity index (χ0v) is 22.8. The zero-order chi connectivity index (χ0) is 27.4. The van der Waals surface area contributed by atoms with E-state index in [1.807, 2.05) is 19.2 Å². The van der Waals surface area contributed by atoms with Crippen molar-refractivity contribution in [3.05, 3.63) is 79.8 Å². The molecule has 1 amide bonds. The van der Waals surface area contributed by atoms with E-state index in [1.54, 1.807) is 36.1 Å². The third kappa shape index (κ3) is 4.43. The van der Waals surface area contributed by atoms with Crippen molar-refractivity contribution in [3.8, 4) is 11.1 Å². The number of benzene rings is 1. The second kappa shape index (κ2) is 9.52. The number of carbonyl (C=O) groups is 1. The average molecular weight is 536 g/mol. The molecule has 1 aliphatic rings. The van der Waals surface area contributed by atoms with Crippen LogP contribution in [0, 0.1) is 5.82 Å². The van der Waals surface area contributed by atoms with Crippen LogP contribution in [0.4, 0.5) is 21.6 Å². The van der Waals surface area contributed by atoms with Gasteiger partial charge in [0, 0.05) is 48.1 Å². The van der Waals surface area contributed by atoms with Gasteiger partial charge in [0.05, 0.1) is 23.7 Å². The minimum absolute atomic E-state index is 0.0563. The molecule has 5 rings (SSSR count). The van der Waals surface area contributed by atoms with Crippen LogP contribution in [0.25, 0.3) is 11.1 Å². The average Bonchev–Trinajstić information content (AvgIpc) is 3.58. The second-order valence-electron chi connectivity index (χ2n) is 10.4. The Balaban J connectivity index is 1.56. The van der Waals surface area contributed by atoms with E-state index >= 15 is 4.39 Å². The lowest BCUT2D eigenvalue weighted by Crippen LogP contribution is -2.26. The summed E-state index contributed by atoms with van der Waals surface area (Å²) in [5.41, 5.74) is 2.25. The molecule has 0 radical (unpaired) electrons.